The van der Waals surface area contributed by atoms with E-state index in [0.717, 1.165) is 6.42 Å². The predicted octanol–water partition coefficient (Wildman–Crippen LogP) is 4.47. The zero-order valence-electron chi connectivity index (χ0n) is 11.3. The van der Waals surface area contributed by atoms with Crippen LogP contribution in [0.1, 0.15) is 25.0 Å². The van der Waals surface area contributed by atoms with E-state index in [1.165, 1.54) is 22.5 Å². The van der Waals surface area contributed by atoms with Gasteiger partial charge in [0.15, 0.2) is 0 Å². The minimum atomic E-state index is 0.149. The Labute approximate surface area is 109 Å². The van der Waals surface area contributed by atoms with E-state index in [0.29, 0.717) is 0 Å². The van der Waals surface area contributed by atoms with Gasteiger partial charge in [-0.15, -0.1) is 0 Å². The van der Waals surface area contributed by atoms with Crippen LogP contribution in [-0.4, -0.2) is 5.54 Å². The summed E-state index contributed by atoms with van der Waals surface area (Å²) in [7, 11) is 0. The molecule has 1 aliphatic rings. The zero-order valence-corrected chi connectivity index (χ0v) is 11.3. The van der Waals surface area contributed by atoms with Gasteiger partial charge in [-0.1, -0.05) is 36.4 Å². The highest BCUT2D eigenvalue weighted by Crippen LogP contribution is 2.44. The molecule has 1 nitrogen and oxygen atoms in total. The highest BCUT2D eigenvalue weighted by Gasteiger charge is 2.36. The molecule has 0 amide bonds. The lowest BCUT2D eigenvalue weighted by atomic mass is 9.98. The van der Waals surface area contributed by atoms with Crippen molar-refractivity contribution in [3.8, 4) is 0 Å². The maximum atomic E-state index is 2.48. The fraction of sp³-hybridized carbons (Fsp3) is 0.294. The number of hydrogen-bond donors (Lipinski definition) is 0. The number of para-hydroxylation sites is 2. The summed E-state index contributed by atoms with van der Waals surface area (Å²) in [5.74, 6) is 0. The first-order valence-electron chi connectivity index (χ1n) is 6.53. The number of aryl methyl sites for hydroxylation is 1. The maximum Gasteiger partial charge on any atom is 0.0449 e. The van der Waals surface area contributed by atoms with Crippen LogP contribution in [0.25, 0.3) is 0 Å². The van der Waals surface area contributed by atoms with Gasteiger partial charge in [0.1, 0.15) is 0 Å². The summed E-state index contributed by atoms with van der Waals surface area (Å²) < 4.78 is 0. The molecule has 1 aliphatic heterocycles. The normalized spacial score (nSPS) is 16.7. The van der Waals surface area contributed by atoms with Gasteiger partial charge in [0.25, 0.3) is 0 Å². The molecule has 0 fully saturated rings. The topological polar surface area (TPSA) is 3.24 Å². The molecule has 92 valence electrons. The lowest BCUT2D eigenvalue weighted by Gasteiger charge is -2.35. The number of anilines is 2. The first kappa shape index (κ1) is 11.3. The van der Waals surface area contributed by atoms with Gasteiger partial charge in [-0.3, -0.25) is 0 Å². The first-order valence-corrected chi connectivity index (χ1v) is 6.53. The molecular formula is C17H19N. The minimum absolute atomic E-state index is 0.149. The van der Waals surface area contributed by atoms with Gasteiger partial charge in [-0.2, -0.15) is 0 Å². The molecule has 0 saturated carbocycles. The smallest absolute Gasteiger partial charge is 0.0449 e. The summed E-state index contributed by atoms with van der Waals surface area (Å²) in [6.07, 6.45) is 1.11. The van der Waals surface area contributed by atoms with E-state index in [9.17, 15) is 0 Å². The summed E-state index contributed by atoms with van der Waals surface area (Å²) in [4.78, 5) is 2.48. The third kappa shape index (κ3) is 1.62. The third-order valence-electron chi connectivity index (χ3n) is 3.82. The molecule has 0 aliphatic carbocycles. The number of benzene rings is 2. The molecule has 1 heteroatoms. The van der Waals surface area contributed by atoms with Crippen molar-refractivity contribution >= 4 is 11.4 Å². The standard InChI is InChI=1S/C17H19N/c1-13-8-4-6-10-15(13)18-16-11-7-5-9-14(16)12-17(18,2)3/h4-11H,12H2,1-3H3. The molecule has 2 aromatic rings. The van der Waals surface area contributed by atoms with Crippen molar-refractivity contribution in [1.29, 1.82) is 0 Å². The Balaban J connectivity index is 2.19. The van der Waals surface area contributed by atoms with E-state index in [2.05, 4.69) is 74.2 Å². The highest BCUT2D eigenvalue weighted by molar-refractivity contribution is 5.74. The van der Waals surface area contributed by atoms with Crippen LogP contribution in [0.3, 0.4) is 0 Å². The largest absolute Gasteiger partial charge is 0.335 e. The molecule has 0 atom stereocenters. The van der Waals surface area contributed by atoms with Crippen molar-refractivity contribution in [3.63, 3.8) is 0 Å². The molecule has 0 unspecified atom stereocenters. The number of fused-ring (bicyclic) bond motifs is 1. The van der Waals surface area contributed by atoms with Crippen molar-refractivity contribution in [1.82, 2.24) is 0 Å². The van der Waals surface area contributed by atoms with Gasteiger partial charge >= 0.3 is 0 Å². The first-order chi connectivity index (χ1) is 8.59. The molecule has 0 bridgehead atoms. The minimum Gasteiger partial charge on any atom is -0.335 e. The van der Waals surface area contributed by atoms with Gasteiger partial charge in [0.05, 0.1) is 0 Å². The molecule has 0 N–H and O–H groups in total. The van der Waals surface area contributed by atoms with Crippen LogP contribution in [0, 0.1) is 6.92 Å². The van der Waals surface area contributed by atoms with E-state index in [4.69, 9.17) is 0 Å². The predicted molar refractivity (Wildman–Crippen MR) is 77.5 cm³/mol. The Morgan fingerprint density at radius 1 is 0.889 bits per heavy atom. The zero-order chi connectivity index (χ0) is 12.8. The maximum absolute atomic E-state index is 2.48. The quantitative estimate of drug-likeness (QED) is 0.707. The summed E-state index contributed by atoms with van der Waals surface area (Å²) in [6, 6.07) is 17.4. The Bertz CT molecular complexity index is 584. The van der Waals surface area contributed by atoms with Crippen molar-refractivity contribution in [2.45, 2.75) is 32.7 Å². The molecule has 0 saturated heterocycles. The monoisotopic (exact) mass is 237 g/mol. The van der Waals surface area contributed by atoms with Crippen molar-refractivity contribution < 1.29 is 0 Å². The lowest BCUT2D eigenvalue weighted by molar-refractivity contribution is 0.533. The van der Waals surface area contributed by atoms with Crippen LogP contribution < -0.4 is 4.90 Å². The Morgan fingerprint density at radius 2 is 1.50 bits per heavy atom. The third-order valence-corrected chi connectivity index (χ3v) is 3.82. The summed E-state index contributed by atoms with van der Waals surface area (Å²) >= 11 is 0. The fourth-order valence-electron chi connectivity index (χ4n) is 3.02. The molecule has 3 rings (SSSR count). The highest BCUT2D eigenvalue weighted by atomic mass is 15.2. The number of rotatable bonds is 1. The Hall–Kier alpha value is -1.76. The molecule has 18 heavy (non-hydrogen) atoms. The summed E-state index contributed by atoms with van der Waals surface area (Å²) in [6.45, 7) is 6.82. The average Bonchev–Trinajstić information content (AvgIpc) is 2.60. The van der Waals surface area contributed by atoms with Gasteiger partial charge < -0.3 is 4.90 Å². The van der Waals surface area contributed by atoms with E-state index in [-0.39, 0.29) is 5.54 Å². The van der Waals surface area contributed by atoms with Crippen LogP contribution in [0.5, 0.6) is 0 Å². The van der Waals surface area contributed by atoms with Gasteiger partial charge in [-0.25, -0.2) is 0 Å². The van der Waals surface area contributed by atoms with Crippen LogP contribution in [-0.2, 0) is 6.42 Å². The molecule has 0 radical (unpaired) electrons. The Kier molecular flexibility index (Phi) is 2.44. The van der Waals surface area contributed by atoms with Crippen LogP contribution in [0.2, 0.25) is 0 Å². The van der Waals surface area contributed by atoms with E-state index in [1.807, 2.05) is 0 Å². The molecule has 2 aromatic carbocycles. The van der Waals surface area contributed by atoms with Gasteiger partial charge in [0.2, 0.25) is 0 Å². The second-order valence-electron chi connectivity index (χ2n) is 5.74. The summed E-state index contributed by atoms with van der Waals surface area (Å²) in [5.41, 5.74) is 5.62. The molecular weight excluding hydrogens is 218 g/mol. The molecule has 1 heterocycles. The average molecular weight is 237 g/mol. The van der Waals surface area contributed by atoms with Crippen LogP contribution >= 0.6 is 0 Å². The molecule has 0 spiro atoms. The lowest BCUT2D eigenvalue weighted by Crippen LogP contribution is -2.37. The second kappa shape index (κ2) is 3.88. The van der Waals surface area contributed by atoms with Crippen molar-refractivity contribution in [3.05, 3.63) is 59.7 Å². The van der Waals surface area contributed by atoms with Crippen LogP contribution in [0.15, 0.2) is 48.5 Å². The van der Waals surface area contributed by atoms with Crippen molar-refractivity contribution in [2.75, 3.05) is 4.90 Å². The SMILES string of the molecule is Cc1ccccc1N1c2ccccc2CC1(C)C. The van der Waals surface area contributed by atoms with Crippen LogP contribution in [0.4, 0.5) is 11.4 Å². The molecule has 0 aromatic heterocycles. The van der Waals surface area contributed by atoms with E-state index < -0.39 is 0 Å². The van der Waals surface area contributed by atoms with E-state index in [1.54, 1.807) is 0 Å². The number of nitrogens with zero attached hydrogens (tertiary/aromatic N) is 1. The van der Waals surface area contributed by atoms with Crippen molar-refractivity contribution in [2.24, 2.45) is 0 Å². The van der Waals surface area contributed by atoms with E-state index >= 15 is 0 Å². The van der Waals surface area contributed by atoms with Gasteiger partial charge in [-0.05, 0) is 50.5 Å². The van der Waals surface area contributed by atoms with Gasteiger partial charge in [0, 0.05) is 16.9 Å². The Morgan fingerprint density at radius 3 is 2.22 bits per heavy atom. The second-order valence-corrected chi connectivity index (χ2v) is 5.74. The number of hydrogen-bond acceptors (Lipinski definition) is 1. The summed E-state index contributed by atoms with van der Waals surface area (Å²) in [5, 5.41) is 0. The fourth-order valence-corrected chi connectivity index (χ4v) is 3.02.